The number of amides is 1. The number of hydrogen-bond acceptors (Lipinski definition) is 5. The average molecular weight is 323 g/mol. The molecule has 0 saturated heterocycles. The van der Waals surface area contributed by atoms with E-state index in [-0.39, 0.29) is 16.6 Å². The van der Waals surface area contributed by atoms with Crippen LogP contribution >= 0.6 is 22.9 Å². The van der Waals surface area contributed by atoms with Crippen LogP contribution < -0.4 is 10.5 Å². The van der Waals surface area contributed by atoms with Crippen molar-refractivity contribution in [2.75, 3.05) is 0 Å². The predicted octanol–water partition coefficient (Wildman–Crippen LogP) is 0.591. The highest BCUT2D eigenvalue weighted by Crippen LogP contribution is 2.25. The summed E-state index contributed by atoms with van der Waals surface area (Å²) in [5.41, 5.74) is 5.02. The molecule has 1 atom stereocenters. The van der Waals surface area contributed by atoms with Crippen molar-refractivity contribution in [3.05, 3.63) is 16.7 Å². The van der Waals surface area contributed by atoms with Gasteiger partial charge in [-0.3, -0.25) is 9.20 Å². The van der Waals surface area contributed by atoms with Crippen LogP contribution in [-0.2, 0) is 14.8 Å². The second-order valence-corrected chi connectivity index (χ2v) is 6.82. The number of nitrogens with two attached hydrogens (primary N) is 1. The number of rotatable bonds is 5. The first-order chi connectivity index (χ1) is 8.81. The highest BCUT2D eigenvalue weighted by molar-refractivity contribution is 7.89. The summed E-state index contributed by atoms with van der Waals surface area (Å²) < 4.78 is 28.2. The third kappa shape index (κ3) is 2.89. The molecule has 1 unspecified atom stereocenters. The Morgan fingerprint density at radius 2 is 2.37 bits per heavy atom. The van der Waals surface area contributed by atoms with Gasteiger partial charge in [0.05, 0.1) is 0 Å². The topological polar surface area (TPSA) is 107 Å². The van der Waals surface area contributed by atoms with Gasteiger partial charge in [-0.1, -0.05) is 11.6 Å². The standard InChI is InChI=1S/C9H11ClN4O3S2/c1-5(4-6(11)15)13-19(16,17)8-7(10)12-9-14(8)2-3-18-9/h2-3,5,13H,4H2,1H3,(H2,11,15). The molecule has 2 heterocycles. The molecule has 0 fully saturated rings. The highest BCUT2D eigenvalue weighted by atomic mass is 35.5. The van der Waals surface area contributed by atoms with Gasteiger partial charge in [-0.25, -0.2) is 18.1 Å². The Hall–Kier alpha value is -1.16. The molecule has 0 saturated carbocycles. The van der Waals surface area contributed by atoms with Crippen molar-refractivity contribution in [1.82, 2.24) is 14.1 Å². The lowest BCUT2D eigenvalue weighted by molar-refractivity contribution is -0.118. The number of imidazole rings is 1. The van der Waals surface area contributed by atoms with E-state index in [1.807, 2.05) is 0 Å². The van der Waals surface area contributed by atoms with Crippen LogP contribution in [-0.4, -0.2) is 29.8 Å². The van der Waals surface area contributed by atoms with Crippen molar-refractivity contribution >= 4 is 43.8 Å². The van der Waals surface area contributed by atoms with E-state index in [9.17, 15) is 13.2 Å². The number of carbonyl (C=O) groups is 1. The fourth-order valence-corrected chi connectivity index (χ4v) is 4.34. The molecule has 0 bridgehead atoms. The first-order valence-electron chi connectivity index (χ1n) is 5.23. The Bertz CT molecular complexity index is 721. The van der Waals surface area contributed by atoms with Crippen LogP contribution in [0.3, 0.4) is 0 Å². The summed E-state index contributed by atoms with van der Waals surface area (Å²) in [6, 6.07) is -0.622. The third-order valence-corrected chi connectivity index (χ3v) is 5.04. The van der Waals surface area contributed by atoms with Gasteiger partial charge in [0.2, 0.25) is 5.91 Å². The molecule has 0 spiro atoms. The van der Waals surface area contributed by atoms with Crippen molar-refractivity contribution in [2.24, 2.45) is 5.73 Å². The maximum absolute atomic E-state index is 12.2. The molecular formula is C9H11ClN4O3S2. The SMILES string of the molecule is CC(CC(N)=O)NS(=O)(=O)c1c(Cl)nc2sccn12. The second kappa shape index (κ2) is 5.08. The summed E-state index contributed by atoms with van der Waals surface area (Å²) >= 11 is 7.12. The van der Waals surface area contributed by atoms with Crippen LogP contribution in [0.25, 0.3) is 4.96 Å². The zero-order valence-corrected chi connectivity index (χ0v) is 12.2. The van der Waals surface area contributed by atoms with Gasteiger partial charge >= 0.3 is 0 Å². The maximum atomic E-state index is 12.2. The largest absolute Gasteiger partial charge is 0.370 e. The lowest BCUT2D eigenvalue weighted by Crippen LogP contribution is -2.36. The number of halogens is 1. The molecule has 19 heavy (non-hydrogen) atoms. The van der Waals surface area contributed by atoms with Gasteiger partial charge in [0, 0.05) is 24.0 Å². The first-order valence-corrected chi connectivity index (χ1v) is 7.97. The molecule has 1 amide bonds. The zero-order valence-electron chi connectivity index (χ0n) is 9.83. The summed E-state index contributed by atoms with van der Waals surface area (Å²) in [6.45, 7) is 1.54. The van der Waals surface area contributed by atoms with E-state index in [0.717, 1.165) is 0 Å². The zero-order chi connectivity index (χ0) is 14.2. The number of fused-ring (bicyclic) bond motifs is 1. The molecule has 0 aliphatic heterocycles. The van der Waals surface area contributed by atoms with E-state index in [1.165, 1.54) is 15.7 Å². The lowest BCUT2D eigenvalue weighted by atomic mass is 10.2. The molecule has 3 N–H and O–H groups in total. The number of thiazole rings is 1. The second-order valence-electron chi connectivity index (χ2n) is 3.96. The van der Waals surface area contributed by atoms with Crippen molar-refractivity contribution in [1.29, 1.82) is 0 Å². The summed E-state index contributed by atoms with van der Waals surface area (Å²) in [4.78, 5) is 15.2. The van der Waals surface area contributed by atoms with E-state index in [1.54, 1.807) is 18.5 Å². The molecule has 0 radical (unpaired) electrons. The molecular weight excluding hydrogens is 312 g/mol. The van der Waals surface area contributed by atoms with E-state index in [0.29, 0.717) is 4.96 Å². The van der Waals surface area contributed by atoms with Crippen molar-refractivity contribution in [2.45, 2.75) is 24.4 Å². The van der Waals surface area contributed by atoms with E-state index in [4.69, 9.17) is 17.3 Å². The van der Waals surface area contributed by atoms with Gasteiger partial charge in [-0.05, 0) is 6.92 Å². The molecule has 10 heteroatoms. The number of nitrogens with one attached hydrogen (secondary N) is 1. The van der Waals surface area contributed by atoms with Crippen molar-refractivity contribution in [3.8, 4) is 0 Å². The van der Waals surface area contributed by atoms with Gasteiger partial charge in [-0.15, -0.1) is 11.3 Å². The molecule has 2 aromatic rings. The van der Waals surface area contributed by atoms with Crippen molar-refractivity contribution < 1.29 is 13.2 Å². The Labute approximate surface area is 118 Å². The number of sulfonamides is 1. The molecule has 2 aromatic heterocycles. The van der Waals surface area contributed by atoms with Gasteiger partial charge in [-0.2, -0.15) is 0 Å². The highest BCUT2D eigenvalue weighted by Gasteiger charge is 2.26. The number of primary amides is 1. The normalized spacial score (nSPS) is 13.8. The summed E-state index contributed by atoms with van der Waals surface area (Å²) in [5.74, 6) is -0.588. The molecule has 7 nitrogen and oxygen atoms in total. The monoisotopic (exact) mass is 322 g/mol. The van der Waals surface area contributed by atoms with Crippen molar-refractivity contribution in [3.63, 3.8) is 0 Å². The molecule has 0 aromatic carbocycles. The minimum absolute atomic E-state index is 0.0948. The number of nitrogens with zero attached hydrogens (tertiary/aromatic N) is 2. The quantitative estimate of drug-likeness (QED) is 0.840. The van der Waals surface area contributed by atoms with Crippen LogP contribution in [0.5, 0.6) is 0 Å². The Morgan fingerprint density at radius 3 is 3.00 bits per heavy atom. The number of aromatic nitrogens is 2. The molecule has 0 aliphatic carbocycles. The summed E-state index contributed by atoms with van der Waals surface area (Å²) in [7, 11) is -3.87. The minimum atomic E-state index is -3.87. The predicted molar refractivity (Wildman–Crippen MR) is 71.7 cm³/mol. The maximum Gasteiger partial charge on any atom is 0.260 e. The fourth-order valence-electron chi connectivity index (χ4n) is 1.64. The van der Waals surface area contributed by atoms with E-state index in [2.05, 4.69) is 9.71 Å². The molecule has 104 valence electrons. The van der Waals surface area contributed by atoms with Gasteiger partial charge in [0.15, 0.2) is 15.1 Å². The number of carbonyl (C=O) groups excluding carboxylic acids is 1. The van der Waals surface area contributed by atoms with E-state index >= 15 is 0 Å². The van der Waals surface area contributed by atoms with Crippen LogP contribution in [0, 0.1) is 0 Å². The summed E-state index contributed by atoms with van der Waals surface area (Å²) in [6.07, 6.45) is 1.47. The third-order valence-electron chi connectivity index (χ3n) is 2.30. The van der Waals surface area contributed by atoms with Crippen LogP contribution in [0.4, 0.5) is 0 Å². The Morgan fingerprint density at radius 1 is 1.68 bits per heavy atom. The molecule has 2 rings (SSSR count). The lowest BCUT2D eigenvalue weighted by Gasteiger charge is -2.11. The van der Waals surface area contributed by atoms with Gasteiger partial charge < -0.3 is 5.73 Å². The minimum Gasteiger partial charge on any atom is -0.370 e. The molecule has 0 aliphatic rings. The van der Waals surface area contributed by atoms with Gasteiger partial charge in [0.1, 0.15) is 0 Å². The van der Waals surface area contributed by atoms with Crippen LogP contribution in [0.2, 0.25) is 5.15 Å². The first kappa shape index (κ1) is 14.3. The van der Waals surface area contributed by atoms with Gasteiger partial charge in [0.25, 0.3) is 10.0 Å². The van der Waals surface area contributed by atoms with Crippen LogP contribution in [0.15, 0.2) is 16.6 Å². The average Bonchev–Trinajstić information content (AvgIpc) is 2.72. The Kier molecular flexibility index (Phi) is 3.81. The Balaban J connectivity index is 2.36. The number of hydrogen-bond donors (Lipinski definition) is 2. The summed E-state index contributed by atoms with van der Waals surface area (Å²) in [5, 5.41) is 1.46. The fraction of sp³-hybridized carbons (Fsp3) is 0.333. The smallest absolute Gasteiger partial charge is 0.260 e. The van der Waals surface area contributed by atoms with E-state index < -0.39 is 22.0 Å². The van der Waals surface area contributed by atoms with Crippen LogP contribution in [0.1, 0.15) is 13.3 Å².